The van der Waals surface area contributed by atoms with E-state index < -0.39 is 0 Å². The molecule has 128 valence electrons. The molecule has 0 fully saturated rings. The van der Waals surface area contributed by atoms with E-state index in [1.165, 1.54) is 5.56 Å². The number of furan rings is 1. The van der Waals surface area contributed by atoms with Crippen LogP contribution in [0.15, 0.2) is 77.4 Å². The largest absolute Gasteiger partial charge is 0.467 e. The Kier molecular flexibility index (Phi) is 5.52. The molecule has 0 aliphatic heterocycles. The number of aryl methyl sites for hydroxylation is 1. The molecule has 4 heteroatoms. The molecular weight excluding hydrogens is 312 g/mol. The van der Waals surface area contributed by atoms with Crippen molar-refractivity contribution in [1.82, 2.24) is 4.90 Å². The zero-order chi connectivity index (χ0) is 17.5. The average Bonchev–Trinajstić information content (AvgIpc) is 3.15. The highest BCUT2D eigenvalue weighted by atomic mass is 16.3. The number of anilines is 1. The van der Waals surface area contributed by atoms with Gasteiger partial charge < -0.3 is 14.6 Å². The molecule has 0 unspecified atom stereocenters. The highest BCUT2D eigenvalue weighted by Crippen LogP contribution is 2.15. The minimum atomic E-state index is -0.145. The lowest BCUT2D eigenvalue weighted by atomic mass is 10.1. The first-order valence-corrected chi connectivity index (χ1v) is 8.46. The van der Waals surface area contributed by atoms with Gasteiger partial charge in [0.25, 0.3) is 0 Å². The molecule has 0 saturated carbocycles. The van der Waals surface area contributed by atoms with Crippen molar-refractivity contribution in [1.29, 1.82) is 0 Å². The van der Waals surface area contributed by atoms with E-state index in [1.807, 2.05) is 60.7 Å². The summed E-state index contributed by atoms with van der Waals surface area (Å²) < 4.78 is 5.42. The molecule has 0 spiro atoms. The van der Waals surface area contributed by atoms with Gasteiger partial charge in [0, 0.05) is 12.2 Å². The van der Waals surface area contributed by atoms with Crippen LogP contribution in [0.4, 0.5) is 10.5 Å². The fourth-order valence-electron chi connectivity index (χ4n) is 2.67. The lowest BCUT2D eigenvalue weighted by Gasteiger charge is -2.22. The van der Waals surface area contributed by atoms with Gasteiger partial charge in [-0.25, -0.2) is 4.79 Å². The monoisotopic (exact) mass is 334 g/mol. The van der Waals surface area contributed by atoms with Gasteiger partial charge in [-0.1, -0.05) is 49.4 Å². The number of nitrogens with zero attached hydrogens (tertiary/aromatic N) is 1. The summed E-state index contributed by atoms with van der Waals surface area (Å²) in [4.78, 5) is 14.6. The molecule has 0 radical (unpaired) electrons. The van der Waals surface area contributed by atoms with Crippen molar-refractivity contribution in [2.24, 2.45) is 0 Å². The number of rotatable bonds is 6. The van der Waals surface area contributed by atoms with Crippen LogP contribution in [0.3, 0.4) is 0 Å². The molecule has 1 aromatic heterocycles. The van der Waals surface area contributed by atoms with Crippen molar-refractivity contribution in [3.05, 3.63) is 89.9 Å². The normalized spacial score (nSPS) is 10.4. The molecule has 0 aliphatic rings. The molecule has 1 N–H and O–H groups in total. The Morgan fingerprint density at radius 1 is 0.960 bits per heavy atom. The fourth-order valence-corrected chi connectivity index (χ4v) is 2.67. The van der Waals surface area contributed by atoms with Crippen molar-refractivity contribution in [2.45, 2.75) is 26.4 Å². The number of hydrogen-bond acceptors (Lipinski definition) is 2. The van der Waals surface area contributed by atoms with E-state index in [9.17, 15) is 4.79 Å². The average molecular weight is 334 g/mol. The lowest BCUT2D eigenvalue weighted by Crippen LogP contribution is -2.34. The summed E-state index contributed by atoms with van der Waals surface area (Å²) in [5.74, 6) is 0.758. The van der Waals surface area contributed by atoms with Gasteiger partial charge in [-0.3, -0.25) is 0 Å². The minimum absolute atomic E-state index is 0.145. The Labute approximate surface area is 148 Å². The molecule has 2 aromatic carbocycles. The zero-order valence-corrected chi connectivity index (χ0v) is 14.3. The van der Waals surface area contributed by atoms with Gasteiger partial charge in [0.1, 0.15) is 5.76 Å². The number of hydrogen-bond donors (Lipinski definition) is 1. The summed E-state index contributed by atoms with van der Waals surface area (Å²) in [5, 5.41) is 2.99. The van der Waals surface area contributed by atoms with Gasteiger partial charge in [-0.2, -0.15) is 0 Å². The molecule has 0 aliphatic carbocycles. The predicted molar refractivity (Wildman–Crippen MR) is 99.2 cm³/mol. The second kappa shape index (κ2) is 8.20. The Morgan fingerprint density at radius 3 is 2.48 bits per heavy atom. The third-order valence-corrected chi connectivity index (χ3v) is 4.02. The maximum Gasteiger partial charge on any atom is 0.322 e. The van der Waals surface area contributed by atoms with Crippen LogP contribution in [0.1, 0.15) is 23.8 Å². The highest BCUT2D eigenvalue weighted by molar-refractivity contribution is 5.89. The molecule has 0 atom stereocenters. The lowest BCUT2D eigenvalue weighted by molar-refractivity contribution is 0.201. The molecule has 1 heterocycles. The van der Waals surface area contributed by atoms with Crippen molar-refractivity contribution >= 4 is 11.7 Å². The minimum Gasteiger partial charge on any atom is -0.467 e. The number of nitrogens with one attached hydrogen (secondary N) is 1. The second-order valence-corrected chi connectivity index (χ2v) is 5.91. The Morgan fingerprint density at radius 2 is 1.76 bits per heavy atom. The third kappa shape index (κ3) is 4.73. The second-order valence-electron chi connectivity index (χ2n) is 5.91. The quantitative estimate of drug-likeness (QED) is 0.683. The van der Waals surface area contributed by atoms with E-state index in [1.54, 1.807) is 11.2 Å². The first kappa shape index (κ1) is 16.8. The van der Waals surface area contributed by atoms with Gasteiger partial charge in [-0.05, 0) is 41.8 Å². The van der Waals surface area contributed by atoms with Crippen molar-refractivity contribution in [3.8, 4) is 0 Å². The van der Waals surface area contributed by atoms with E-state index in [2.05, 4.69) is 18.3 Å². The molecule has 3 rings (SSSR count). The van der Waals surface area contributed by atoms with Crippen LogP contribution in [0.5, 0.6) is 0 Å². The van der Waals surface area contributed by atoms with Crippen molar-refractivity contribution < 1.29 is 9.21 Å². The van der Waals surface area contributed by atoms with Crippen LogP contribution in [0, 0.1) is 0 Å². The van der Waals surface area contributed by atoms with E-state index >= 15 is 0 Å². The van der Waals surface area contributed by atoms with Crippen LogP contribution in [0.25, 0.3) is 0 Å². The van der Waals surface area contributed by atoms with E-state index in [0.717, 1.165) is 23.4 Å². The van der Waals surface area contributed by atoms with Gasteiger partial charge in [-0.15, -0.1) is 0 Å². The Bertz CT molecular complexity index is 798. The number of benzene rings is 2. The number of amides is 2. The molecule has 3 aromatic rings. The first-order valence-electron chi connectivity index (χ1n) is 8.46. The molecule has 4 nitrogen and oxygen atoms in total. The zero-order valence-electron chi connectivity index (χ0n) is 14.3. The fraction of sp³-hybridized carbons (Fsp3) is 0.190. The van der Waals surface area contributed by atoms with Crippen LogP contribution >= 0.6 is 0 Å². The van der Waals surface area contributed by atoms with Crippen LogP contribution in [-0.4, -0.2) is 10.9 Å². The van der Waals surface area contributed by atoms with Crippen LogP contribution in [-0.2, 0) is 19.5 Å². The summed E-state index contributed by atoms with van der Waals surface area (Å²) in [7, 11) is 0. The van der Waals surface area contributed by atoms with Gasteiger partial charge in [0.15, 0.2) is 0 Å². The van der Waals surface area contributed by atoms with Crippen LogP contribution in [0.2, 0.25) is 0 Å². The predicted octanol–water partition coefficient (Wildman–Crippen LogP) is 5.08. The molecule has 0 saturated heterocycles. The molecular formula is C21H22N2O2. The van der Waals surface area contributed by atoms with E-state index in [4.69, 9.17) is 4.42 Å². The topological polar surface area (TPSA) is 45.5 Å². The maximum atomic E-state index is 12.8. The Hall–Kier alpha value is -3.01. The standard InChI is InChI=1S/C21H22N2O2/c1-2-17-10-6-11-19(14-17)22-21(24)23(16-20-12-7-13-25-20)15-18-8-4-3-5-9-18/h3-14H,2,15-16H2,1H3,(H,22,24). The van der Waals surface area contributed by atoms with Gasteiger partial charge in [0.2, 0.25) is 0 Å². The van der Waals surface area contributed by atoms with Crippen LogP contribution < -0.4 is 5.32 Å². The smallest absolute Gasteiger partial charge is 0.322 e. The SMILES string of the molecule is CCc1cccc(NC(=O)N(Cc2ccccc2)Cc2ccco2)c1. The third-order valence-electron chi connectivity index (χ3n) is 4.02. The number of carbonyl (C=O) groups excluding carboxylic acids is 1. The van der Waals surface area contributed by atoms with Crippen molar-refractivity contribution in [3.63, 3.8) is 0 Å². The van der Waals surface area contributed by atoms with Crippen molar-refractivity contribution in [2.75, 3.05) is 5.32 Å². The van der Waals surface area contributed by atoms with E-state index in [-0.39, 0.29) is 6.03 Å². The maximum absolute atomic E-state index is 12.8. The first-order chi connectivity index (χ1) is 12.2. The summed E-state index contributed by atoms with van der Waals surface area (Å²) in [5.41, 5.74) is 3.08. The number of carbonyl (C=O) groups is 1. The summed E-state index contributed by atoms with van der Waals surface area (Å²) >= 11 is 0. The highest BCUT2D eigenvalue weighted by Gasteiger charge is 2.16. The van der Waals surface area contributed by atoms with E-state index in [0.29, 0.717) is 13.1 Å². The molecule has 25 heavy (non-hydrogen) atoms. The Balaban J connectivity index is 1.76. The van der Waals surface area contributed by atoms with Gasteiger partial charge >= 0.3 is 6.03 Å². The number of urea groups is 1. The summed E-state index contributed by atoms with van der Waals surface area (Å²) in [6.07, 6.45) is 2.56. The summed E-state index contributed by atoms with van der Waals surface area (Å²) in [6.45, 7) is 3.03. The molecule has 0 bridgehead atoms. The summed E-state index contributed by atoms with van der Waals surface area (Å²) in [6, 6.07) is 21.4. The molecule has 2 amide bonds. The van der Waals surface area contributed by atoms with Gasteiger partial charge in [0.05, 0.1) is 12.8 Å².